The number of rotatable bonds is 6. The molecule has 6 nitrogen and oxygen atoms in total. The zero-order valence-electron chi connectivity index (χ0n) is 17.6. The number of amides is 1. The van der Waals surface area contributed by atoms with Crippen molar-refractivity contribution in [1.82, 2.24) is 5.43 Å². The van der Waals surface area contributed by atoms with Crippen LogP contribution in [-0.2, 0) is 10.0 Å². The molecule has 1 amide bonds. The van der Waals surface area contributed by atoms with Crippen molar-refractivity contribution in [3.63, 3.8) is 0 Å². The van der Waals surface area contributed by atoms with E-state index in [0.717, 1.165) is 11.6 Å². The molecule has 0 aromatic heterocycles. The van der Waals surface area contributed by atoms with Gasteiger partial charge in [-0.2, -0.15) is 5.10 Å². The lowest BCUT2D eigenvalue weighted by Gasteiger charge is -2.12. The van der Waals surface area contributed by atoms with Crippen molar-refractivity contribution in [3.05, 3.63) is 93.8 Å². The molecule has 0 heterocycles. The number of carbonyl (C=O) groups is 1. The molecule has 0 unspecified atom stereocenters. The lowest BCUT2D eigenvalue weighted by Crippen LogP contribution is -2.19. The summed E-state index contributed by atoms with van der Waals surface area (Å²) in [6, 6.07) is 9.86. The first-order valence-electron chi connectivity index (χ1n) is 9.47. The van der Waals surface area contributed by atoms with E-state index in [-0.39, 0.29) is 16.7 Å². The van der Waals surface area contributed by atoms with Gasteiger partial charge in [0.15, 0.2) is 23.3 Å². The number of hydrogen-bond donors (Lipinski definition) is 2. The van der Waals surface area contributed by atoms with Crippen molar-refractivity contribution >= 4 is 27.8 Å². The first-order chi connectivity index (χ1) is 15.9. The van der Waals surface area contributed by atoms with Gasteiger partial charge in [0.05, 0.1) is 22.4 Å². The van der Waals surface area contributed by atoms with Gasteiger partial charge < -0.3 is 0 Å². The smallest absolute Gasteiger partial charge is 0.271 e. The number of hydrazone groups is 1. The minimum Gasteiger partial charge on any atom is -0.279 e. The molecule has 0 atom stereocenters. The standard InChI is InChI=1S/C22H16F5N3O3S/c1-11-6-7-16(12(2)8-11)30-34(32,33)14-5-3-4-13(9-14)22(31)29-28-10-15-17(23)19(25)21(27)20(26)18(15)24/h3-10,30H,1-2H3,(H,29,31)/b28-10+. The molecule has 3 aromatic carbocycles. The Bertz CT molecular complexity index is 1400. The molecule has 178 valence electrons. The molecule has 12 heteroatoms. The van der Waals surface area contributed by atoms with E-state index in [1.807, 2.05) is 12.3 Å². The summed E-state index contributed by atoms with van der Waals surface area (Å²) in [5, 5.41) is 3.21. The number of hydrogen-bond acceptors (Lipinski definition) is 4. The maximum absolute atomic E-state index is 13.7. The summed E-state index contributed by atoms with van der Waals surface area (Å²) in [5.41, 5.74) is 2.25. The van der Waals surface area contributed by atoms with Gasteiger partial charge in [-0.1, -0.05) is 23.8 Å². The summed E-state index contributed by atoms with van der Waals surface area (Å²) in [5.74, 6) is -11.9. The third-order valence-corrected chi connectivity index (χ3v) is 6.00. The average Bonchev–Trinajstić information content (AvgIpc) is 2.80. The van der Waals surface area contributed by atoms with Crippen LogP contribution in [0.3, 0.4) is 0 Å². The highest BCUT2D eigenvalue weighted by Gasteiger charge is 2.25. The number of aryl methyl sites for hydroxylation is 2. The molecule has 0 fully saturated rings. The maximum Gasteiger partial charge on any atom is 0.271 e. The van der Waals surface area contributed by atoms with Crippen LogP contribution < -0.4 is 10.1 Å². The predicted octanol–water partition coefficient (Wildman–Crippen LogP) is 4.56. The van der Waals surface area contributed by atoms with E-state index >= 15 is 0 Å². The van der Waals surface area contributed by atoms with E-state index in [1.165, 1.54) is 18.2 Å². The summed E-state index contributed by atoms with van der Waals surface area (Å²) in [6.07, 6.45) is 0.247. The largest absolute Gasteiger partial charge is 0.279 e. The normalized spacial score (nSPS) is 11.6. The van der Waals surface area contributed by atoms with E-state index in [4.69, 9.17) is 0 Å². The third-order valence-electron chi connectivity index (χ3n) is 4.64. The van der Waals surface area contributed by atoms with Gasteiger partial charge in [0, 0.05) is 5.56 Å². The Labute approximate surface area is 191 Å². The van der Waals surface area contributed by atoms with Crippen LogP contribution in [0.4, 0.5) is 27.6 Å². The fourth-order valence-electron chi connectivity index (χ4n) is 2.89. The van der Waals surface area contributed by atoms with E-state index in [9.17, 15) is 35.2 Å². The Hall–Kier alpha value is -3.80. The quantitative estimate of drug-likeness (QED) is 0.172. The molecule has 0 spiro atoms. The van der Waals surface area contributed by atoms with Gasteiger partial charge in [-0.15, -0.1) is 0 Å². The number of nitrogens with zero attached hydrogens (tertiary/aromatic N) is 1. The molecule has 0 saturated heterocycles. The van der Waals surface area contributed by atoms with Crippen LogP contribution in [0.15, 0.2) is 52.5 Å². The Morgan fingerprint density at radius 1 is 0.882 bits per heavy atom. The van der Waals surface area contributed by atoms with Gasteiger partial charge in [-0.3, -0.25) is 9.52 Å². The molecule has 0 aliphatic rings. The second kappa shape index (κ2) is 9.59. The topological polar surface area (TPSA) is 87.6 Å². The van der Waals surface area contributed by atoms with Crippen molar-refractivity contribution in [2.75, 3.05) is 4.72 Å². The number of anilines is 1. The van der Waals surface area contributed by atoms with Gasteiger partial charge >= 0.3 is 0 Å². The molecule has 2 N–H and O–H groups in total. The van der Waals surface area contributed by atoms with Crippen molar-refractivity contribution in [1.29, 1.82) is 0 Å². The van der Waals surface area contributed by atoms with Crippen LogP contribution in [0.1, 0.15) is 27.0 Å². The lowest BCUT2D eigenvalue weighted by molar-refractivity contribution is 0.0955. The molecule has 0 aliphatic heterocycles. The molecule has 3 aromatic rings. The molecular formula is C22H16F5N3O3S. The first-order valence-corrected chi connectivity index (χ1v) is 11.0. The van der Waals surface area contributed by atoms with Gasteiger partial charge in [0.1, 0.15) is 0 Å². The number of carbonyl (C=O) groups excluding carboxylic acids is 1. The highest BCUT2D eigenvalue weighted by Crippen LogP contribution is 2.23. The van der Waals surface area contributed by atoms with Crippen molar-refractivity contribution in [3.8, 4) is 0 Å². The Kier molecular flexibility index (Phi) is 7.01. The first kappa shape index (κ1) is 24.8. The van der Waals surface area contributed by atoms with Gasteiger partial charge in [0.2, 0.25) is 5.82 Å². The van der Waals surface area contributed by atoms with E-state index in [2.05, 4.69) is 9.82 Å². The number of benzene rings is 3. The fraction of sp³-hybridized carbons (Fsp3) is 0.0909. The van der Waals surface area contributed by atoms with Crippen LogP contribution in [-0.4, -0.2) is 20.5 Å². The van der Waals surface area contributed by atoms with Gasteiger partial charge in [-0.25, -0.2) is 35.8 Å². The highest BCUT2D eigenvalue weighted by atomic mass is 32.2. The summed E-state index contributed by atoms with van der Waals surface area (Å²) >= 11 is 0. The Morgan fingerprint density at radius 2 is 1.50 bits per heavy atom. The monoisotopic (exact) mass is 497 g/mol. The lowest BCUT2D eigenvalue weighted by atomic mass is 10.1. The molecule has 34 heavy (non-hydrogen) atoms. The predicted molar refractivity (Wildman–Crippen MR) is 114 cm³/mol. The Morgan fingerprint density at radius 3 is 2.12 bits per heavy atom. The van der Waals surface area contributed by atoms with E-state index in [0.29, 0.717) is 11.3 Å². The zero-order valence-corrected chi connectivity index (χ0v) is 18.4. The molecule has 3 rings (SSSR count). The number of nitrogens with one attached hydrogen (secondary N) is 2. The molecular weight excluding hydrogens is 481 g/mol. The van der Waals surface area contributed by atoms with Gasteiger partial charge in [-0.05, 0) is 43.7 Å². The van der Waals surface area contributed by atoms with Crippen molar-refractivity contribution in [2.45, 2.75) is 18.7 Å². The zero-order chi connectivity index (χ0) is 25.2. The van der Waals surface area contributed by atoms with Crippen LogP contribution in [0, 0.1) is 42.9 Å². The number of sulfonamides is 1. The molecule has 0 bridgehead atoms. The van der Waals surface area contributed by atoms with Crippen LogP contribution in [0.2, 0.25) is 0 Å². The maximum atomic E-state index is 13.7. The molecule has 0 aliphatic carbocycles. The minimum atomic E-state index is -4.08. The van der Waals surface area contributed by atoms with Crippen LogP contribution in [0.5, 0.6) is 0 Å². The minimum absolute atomic E-state index is 0.196. The third kappa shape index (κ3) is 5.06. The summed E-state index contributed by atoms with van der Waals surface area (Å²) in [7, 11) is -4.08. The Balaban J connectivity index is 1.80. The van der Waals surface area contributed by atoms with Crippen molar-refractivity contribution in [2.24, 2.45) is 5.10 Å². The van der Waals surface area contributed by atoms with Crippen molar-refractivity contribution < 1.29 is 35.2 Å². The average molecular weight is 497 g/mol. The SMILES string of the molecule is Cc1ccc(NS(=O)(=O)c2cccc(C(=O)N/N=C/c3c(F)c(F)c(F)c(F)c3F)c2)c(C)c1. The summed E-state index contributed by atoms with van der Waals surface area (Å²) in [6.45, 7) is 3.57. The fourth-order valence-corrected chi connectivity index (χ4v) is 4.07. The van der Waals surface area contributed by atoms with Gasteiger partial charge in [0.25, 0.3) is 15.9 Å². The second-order valence-corrected chi connectivity index (χ2v) is 8.82. The molecule has 0 radical (unpaired) electrons. The highest BCUT2D eigenvalue weighted by molar-refractivity contribution is 7.92. The summed E-state index contributed by atoms with van der Waals surface area (Å²) in [4.78, 5) is 12.0. The summed E-state index contributed by atoms with van der Waals surface area (Å²) < 4.78 is 94.7. The second-order valence-electron chi connectivity index (χ2n) is 7.13. The van der Waals surface area contributed by atoms with Crippen LogP contribution in [0.25, 0.3) is 0 Å². The van der Waals surface area contributed by atoms with E-state index in [1.54, 1.807) is 25.1 Å². The van der Waals surface area contributed by atoms with Crippen LogP contribution >= 0.6 is 0 Å². The number of halogens is 5. The molecule has 0 saturated carbocycles. The van der Waals surface area contributed by atoms with E-state index < -0.39 is 50.6 Å².